The Labute approximate surface area is 332 Å². The van der Waals surface area contributed by atoms with Crippen molar-refractivity contribution in [2.75, 3.05) is 0 Å². The van der Waals surface area contributed by atoms with E-state index in [1.165, 1.54) is 49.2 Å². The Morgan fingerprint density at radius 3 is 1.24 bits per heavy atom. The average molecular weight is 741 g/mol. The van der Waals surface area contributed by atoms with Gasteiger partial charge in [0.1, 0.15) is 22.3 Å². The van der Waals surface area contributed by atoms with Crippen molar-refractivity contribution in [1.82, 2.24) is 9.13 Å². The molecule has 0 bridgehead atoms. The molecule has 13 rings (SSSR count). The van der Waals surface area contributed by atoms with Gasteiger partial charge in [0.25, 0.3) is 0 Å². The Morgan fingerprint density at radius 1 is 0.241 bits per heavy atom. The molecular weight excluding hydrogens is 709 g/mol. The van der Waals surface area contributed by atoms with Crippen molar-refractivity contribution in [3.63, 3.8) is 0 Å². The number of hydrogen-bond donors (Lipinski definition) is 0. The number of hydrogen-bond acceptors (Lipinski definition) is 2. The molecule has 0 atom stereocenters. The van der Waals surface area contributed by atoms with Gasteiger partial charge in [0.15, 0.2) is 0 Å². The topological polar surface area (TPSA) is 36.1 Å². The van der Waals surface area contributed by atoms with Crippen LogP contribution in [0.4, 0.5) is 0 Å². The van der Waals surface area contributed by atoms with Gasteiger partial charge in [-0.2, -0.15) is 0 Å². The minimum atomic E-state index is 0.849. The van der Waals surface area contributed by atoms with Crippen LogP contribution < -0.4 is 0 Å². The van der Waals surface area contributed by atoms with Crippen LogP contribution in [0.3, 0.4) is 0 Å². The fourth-order valence-electron chi connectivity index (χ4n) is 9.44. The van der Waals surface area contributed by atoms with E-state index < -0.39 is 0 Å². The van der Waals surface area contributed by atoms with Crippen molar-refractivity contribution in [3.8, 4) is 33.6 Å². The summed E-state index contributed by atoms with van der Waals surface area (Å²) in [4.78, 5) is 0. The summed E-state index contributed by atoms with van der Waals surface area (Å²) in [7, 11) is 0. The van der Waals surface area contributed by atoms with Crippen LogP contribution in [0, 0.1) is 0 Å². The van der Waals surface area contributed by atoms with Crippen molar-refractivity contribution < 1.29 is 8.83 Å². The number of rotatable bonds is 4. The fraction of sp³-hybridized carbons (Fsp3) is 0. The maximum Gasteiger partial charge on any atom is 0.136 e. The minimum Gasteiger partial charge on any atom is -0.456 e. The van der Waals surface area contributed by atoms with Crippen LogP contribution >= 0.6 is 0 Å². The summed E-state index contributed by atoms with van der Waals surface area (Å²) >= 11 is 0. The highest BCUT2D eigenvalue weighted by Crippen LogP contribution is 2.41. The van der Waals surface area contributed by atoms with E-state index in [4.69, 9.17) is 8.83 Å². The van der Waals surface area contributed by atoms with Crippen LogP contribution in [0.2, 0.25) is 0 Å². The van der Waals surface area contributed by atoms with E-state index in [2.05, 4.69) is 203 Å². The summed E-state index contributed by atoms with van der Waals surface area (Å²) in [6, 6.07) is 69.5. The number of furan rings is 2. The third-order valence-corrected chi connectivity index (χ3v) is 12.1. The quantitative estimate of drug-likeness (QED) is 0.180. The molecule has 4 heteroatoms. The van der Waals surface area contributed by atoms with Crippen molar-refractivity contribution in [1.29, 1.82) is 0 Å². The number of benzene rings is 9. The standard InChI is InChI=1S/C54H32N2O2/c1-2-12-37(13-3-1)55-49-20-9-6-17-41(49)42-28-34(21-24-50(42)55)36-23-26-52-44(30-36)46-32-53-45(31-54(46)58-52)43-29-35(22-25-51(43)57-53)33-11-10-14-38(27-33)56-47-18-7-4-15-39(47)40-16-5-8-19-48(40)56/h1-32H. The van der Waals surface area contributed by atoms with Crippen LogP contribution in [0.15, 0.2) is 203 Å². The largest absolute Gasteiger partial charge is 0.456 e. The highest BCUT2D eigenvalue weighted by molar-refractivity contribution is 6.16. The molecule has 4 nitrogen and oxygen atoms in total. The van der Waals surface area contributed by atoms with Gasteiger partial charge in [-0.05, 0) is 113 Å². The summed E-state index contributed by atoms with van der Waals surface area (Å²) in [6.45, 7) is 0. The molecule has 4 heterocycles. The van der Waals surface area contributed by atoms with Crippen molar-refractivity contribution in [2.45, 2.75) is 0 Å². The highest BCUT2D eigenvalue weighted by Gasteiger charge is 2.18. The molecule has 0 radical (unpaired) electrons. The monoisotopic (exact) mass is 740 g/mol. The lowest BCUT2D eigenvalue weighted by Gasteiger charge is -2.10. The minimum absolute atomic E-state index is 0.849. The van der Waals surface area contributed by atoms with Crippen LogP contribution in [-0.4, -0.2) is 9.13 Å². The van der Waals surface area contributed by atoms with E-state index in [-0.39, 0.29) is 0 Å². The molecule has 0 amide bonds. The Morgan fingerprint density at radius 2 is 0.655 bits per heavy atom. The molecule has 0 unspecified atom stereocenters. The van der Waals surface area contributed by atoms with Gasteiger partial charge >= 0.3 is 0 Å². The zero-order valence-corrected chi connectivity index (χ0v) is 31.2. The third-order valence-electron chi connectivity index (χ3n) is 12.1. The number of nitrogens with zero attached hydrogens (tertiary/aromatic N) is 2. The van der Waals surface area contributed by atoms with Gasteiger partial charge in [-0.1, -0.05) is 103 Å². The molecule has 0 N–H and O–H groups in total. The number of para-hydroxylation sites is 4. The first-order valence-electron chi connectivity index (χ1n) is 19.7. The lowest BCUT2D eigenvalue weighted by Crippen LogP contribution is -1.94. The summed E-state index contributed by atoms with van der Waals surface area (Å²) in [6.07, 6.45) is 0. The average Bonchev–Trinajstić information content (AvgIpc) is 4.02. The second-order valence-electron chi connectivity index (χ2n) is 15.3. The van der Waals surface area contributed by atoms with Crippen molar-refractivity contribution in [2.24, 2.45) is 0 Å². The van der Waals surface area contributed by atoms with Crippen LogP contribution in [0.1, 0.15) is 0 Å². The Kier molecular flexibility index (Phi) is 6.41. The summed E-state index contributed by atoms with van der Waals surface area (Å²) < 4.78 is 17.8. The maximum atomic E-state index is 6.54. The molecule has 0 aliphatic carbocycles. The third kappa shape index (κ3) is 4.51. The highest BCUT2D eigenvalue weighted by atomic mass is 16.3. The molecule has 0 spiro atoms. The van der Waals surface area contributed by atoms with Gasteiger partial charge < -0.3 is 18.0 Å². The summed E-state index contributed by atoms with van der Waals surface area (Å²) in [5, 5.41) is 9.22. The molecule has 0 fully saturated rings. The molecule has 58 heavy (non-hydrogen) atoms. The summed E-state index contributed by atoms with van der Waals surface area (Å²) in [5.41, 5.74) is 15.1. The lowest BCUT2D eigenvalue weighted by molar-refractivity contribution is 0.664. The van der Waals surface area contributed by atoms with E-state index in [1.54, 1.807) is 0 Å². The second kappa shape index (κ2) is 11.8. The van der Waals surface area contributed by atoms with E-state index in [0.717, 1.165) is 71.9 Å². The first kappa shape index (κ1) is 31.4. The Hall–Kier alpha value is -7.82. The molecular formula is C54H32N2O2. The molecule has 4 aromatic heterocycles. The smallest absolute Gasteiger partial charge is 0.136 e. The van der Waals surface area contributed by atoms with Gasteiger partial charge in [0.05, 0.1) is 22.1 Å². The molecule has 9 aromatic carbocycles. The Balaban J connectivity index is 0.910. The number of fused-ring (bicyclic) bond motifs is 12. The molecule has 0 aliphatic heterocycles. The molecule has 0 saturated carbocycles. The van der Waals surface area contributed by atoms with Gasteiger partial charge in [-0.15, -0.1) is 0 Å². The number of aromatic nitrogens is 2. The maximum absolute atomic E-state index is 6.54. The van der Waals surface area contributed by atoms with E-state index in [9.17, 15) is 0 Å². The van der Waals surface area contributed by atoms with E-state index in [1.807, 2.05) is 0 Å². The van der Waals surface area contributed by atoms with Gasteiger partial charge in [-0.3, -0.25) is 0 Å². The van der Waals surface area contributed by atoms with E-state index in [0.29, 0.717) is 0 Å². The molecule has 13 aromatic rings. The normalized spacial score (nSPS) is 12.1. The SMILES string of the molecule is c1ccc(-n2c3ccccc3c3cc(-c4ccc5oc6cc7c(cc6c5c4)oc4ccc(-c5cccc(-n6c8ccccc8c8ccccc86)c5)cc47)ccc32)cc1. The second-order valence-corrected chi connectivity index (χ2v) is 15.3. The van der Waals surface area contributed by atoms with Crippen molar-refractivity contribution in [3.05, 3.63) is 194 Å². The van der Waals surface area contributed by atoms with E-state index >= 15 is 0 Å². The first-order chi connectivity index (χ1) is 28.7. The zero-order chi connectivity index (χ0) is 37.9. The Bertz CT molecular complexity index is 3750. The van der Waals surface area contributed by atoms with Crippen LogP contribution in [-0.2, 0) is 0 Å². The van der Waals surface area contributed by atoms with Crippen LogP contribution in [0.25, 0.3) is 121 Å². The summed E-state index contributed by atoms with van der Waals surface area (Å²) in [5.74, 6) is 0. The molecule has 270 valence electrons. The zero-order valence-electron chi connectivity index (χ0n) is 31.2. The van der Waals surface area contributed by atoms with Crippen LogP contribution in [0.5, 0.6) is 0 Å². The molecule has 0 aliphatic rings. The predicted octanol–water partition coefficient (Wildman–Crippen LogP) is 15.0. The fourth-order valence-corrected chi connectivity index (χ4v) is 9.44. The lowest BCUT2D eigenvalue weighted by atomic mass is 10.00. The first-order valence-corrected chi connectivity index (χ1v) is 19.7. The van der Waals surface area contributed by atoms with Gasteiger partial charge in [0, 0.05) is 54.5 Å². The van der Waals surface area contributed by atoms with Gasteiger partial charge in [0.2, 0.25) is 0 Å². The van der Waals surface area contributed by atoms with Crippen molar-refractivity contribution >= 4 is 87.5 Å². The predicted molar refractivity (Wildman–Crippen MR) is 241 cm³/mol. The molecule has 0 saturated heterocycles. The van der Waals surface area contributed by atoms with Gasteiger partial charge in [-0.25, -0.2) is 0 Å².